The Bertz CT molecular complexity index is 391. The molecule has 0 bridgehead atoms. The van der Waals surface area contributed by atoms with Gasteiger partial charge in [0.05, 0.1) is 18.8 Å². The number of halogens is 3. The Morgan fingerprint density at radius 1 is 1.50 bits per heavy atom. The molecule has 0 spiro atoms. The van der Waals surface area contributed by atoms with E-state index < -0.39 is 5.82 Å². The van der Waals surface area contributed by atoms with Crippen LogP contribution in [0.4, 0.5) is 10.1 Å². The van der Waals surface area contributed by atoms with Crippen LogP contribution in [0.15, 0.2) is 18.2 Å². The lowest BCUT2D eigenvalue weighted by Gasteiger charge is -2.07. The zero-order chi connectivity index (χ0) is 12.7. The summed E-state index contributed by atoms with van der Waals surface area (Å²) in [5.41, 5.74) is 0.118. The molecule has 102 valence electrons. The Kier molecular flexibility index (Phi) is 8.66. The van der Waals surface area contributed by atoms with E-state index in [1.807, 2.05) is 0 Å². The Morgan fingerprint density at radius 3 is 2.83 bits per heavy atom. The summed E-state index contributed by atoms with van der Waals surface area (Å²) >= 11 is 5.59. The van der Waals surface area contributed by atoms with Gasteiger partial charge in [0.15, 0.2) is 0 Å². The second-order valence-electron chi connectivity index (χ2n) is 3.34. The molecule has 0 saturated carbocycles. The van der Waals surface area contributed by atoms with Gasteiger partial charge < -0.3 is 15.4 Å². The van der Waals surface area contributed by atoms with Crippen LogP contribution in [0, 0.1) is 5.82 Å². The Labute approximate surface area is 116 Å². The minimum absolute atomic E-state index is 0. The lowest BCUT2D eigenvalue weighted by atomic mass is 10.3. The van der Waals surface area contributed by atoms with Crippen LogP contribution in [-0.2, 0) is 9.53 Å². The number of carbonyl (C=O) groups excluding carboxylic acids is 1. The number of hydrogen-bond donors (Lipinski definition) is 2. The third kappa shape index (κ3) is 6.16. The highest BCUT2D eigenvalue weighted by molar-refractivity contribution is 6.30. The van der Waals surface area contributed by atoms with E-state index in [4.69, 9.17) is 16.3 Å². The molecular formula is C11H15Cl2FN2O2. The molecule has 2 N–H and O–H groups in total. The van der Waals surface area contributed by atoms with Gasteiger partial charge in [-0.05, 0) is 18.2 Å². The number of amides is 1. The van der Waals surface area contributed by atoms with Crippen molar-refractivity contribution in [2.75, 3.05) is 32.1 Å². The van der Waals surface area contributed by atoms with Crippen LogP contribution < -0.4 is 10.6 Å². The van der Waals surface area contributed by atoms with Gasteiger partial charge in [0.1, 0.15) is 5.82 Å². The average molecular weight is 297 g/mol. The highest BCUT2D eigenvalue weighted by Crippen LogP contribution is 2.18. The van der Waals surface area contributed by atoms with Gasteiger partial charge in [-0.2, -0.15) is 0 Å². The monoisotopic (exact) mass is 296 g/mol. The van der Waals surface area contributed by atoms with Crippen molar-refractivity contribution in [3.8, 4) is 0 Å². The molecule has 1 rings (SSSR count). The van der Waals surface area contributed by atoms with Gasteiger partial charge in [0.25, 0.3) is 0 Å². The maximum Gasteiger partial charge on any atom is 0.238 e. The fourth-order valence-corrected chi connectivity index (χ4v) is 1.32. The molecule has 7 heteroatoms. The van der Waals surface area contributed by atoms with Crippen LogP contribution in [-0.4, -0.2) is 32.7 Å². The van der Waals surface area contributed by atoms with Crippen molar-refractivity contribution in [2.45, 2.75) is 0 Å². The second kappa shape index (κ2) is 9.10. The van der Waals surface area contributed by atoms with Crippen molar-refractivity contribution in [3.05, 3.63) is 29.0 Å². The average Bonchev–Trinajstić information content (AvgIpc) is 2.28. The number of ether oxygens (including phenoxy) is 1. The zero-order valence-electron chi connectivity index (χ0n) is 9.83. The molecule has 0 fully saturated rings. The summed E-state index contributed by atoms with van der Waals surface area (Å²) in [6, 6.07) is 4.08. The first kappa shape index (κ1) is 17.1. The van der Waals surface area contributed by atoms with Crippen LogP contribution in [0.3, 0.4) is 0 Å². The van der Waals surface area contributed by atoms with Crippen LogP contribution in [0.1, 0.15) is 0 Å². The van der Waals surface area contributed by atoms with Crippen molar-refractivity contribution >= 4 is 35.6 Å². The van der Waals surface area contributed by atoms with Crippen LogP contribution in [0.2, 0.25) is 5.02 Å². The van der Waals surface area contributed by atoms with Crippen molar-refractivity contribution in [1.29, 1.82) is 0 Å². The lowest BCUT2D eigenvalue weighted by Crippen LogP contribution is -2.30. The van der Waals surface area contributed by atoms with Gasteiger partial charge in [-0.1, -0.05) is 11.6 Å². The lowest BCUT2D eigenvalue weighted by molar-refractivity contribution is -0.115. The third-order valence-corrected chi connectivity index (χ3v) is 2.21. The third-order valence-electron chi connectivity index (χ3n) is 1.97. The predicted octanol–water partition coefficient (Wildman–Crippen LogP) is 2.08. The van der Waals surface area contributed by atoms with Crippen LogP contribution >= 0.6 is 24.0 Å². The van der Waals surface area contributed by atoms with E-state index in [2.05, 4.69) is 10.6 Å². The Balaban J connectivity index is 0.00000289. The predicted molar refractivity (Wildman–Crippen MR) is 72.0 cm³/mol. The topological polar surface area (TPSA) is 50.4 Å². The zero-order valence-corrected chi connectivity index (χ0v) is 11.4. The first-order valence-corrected chi connectivity index (χ1v) is 5.46. The van der Waals surface area contributed by atoms with Gasteiger partial charge in [-0.25, -0.2) is 4.39 Å². The van der Waals surface area contributed by atoms with E-state index in [1.54, 1.807) is 7.11 Å². The molecule has 0 aliphatic heterocycles. The molecule has 0 aromatic heterocycles. The Hall–Kier alpha value is -0.880. The summed E-state index contributed by atoms with van der Waals surface area (Å²) in [4.78, 5) is 11.4. The summed E-state index contributed by atoms with van der Waals surface area (Å²) in [5, 5.41) is 5.58. The molecule has 0 aliphatic rings. The summed E-state index contributed by atoms with van der Waals surface area (Å²) in [6.45, 7) is 1.18. The molecule has 0 saturated heterocycles. The molecule has 0 unspecified atom stereocenters. The molecule has 1 aromatic carbocycles. The Morgan fingerprint density at radius 2 is 2.22 bits per heavy atom. The fourth-order valence-electron chi connectivity index (χ4n) is 1.16. The van der Waals surface area contributed by atoms with Gasteiger partial charge >= 0.3 is 0 Å². The molecule has 0 heterocycles. The maximum absolute atomic E-state index is 13.3. The smallest absolute Gasteiger partial charge is 0.238 e. The SMILES string of the molecule is COCCNCC(=O)Nc1ccc(Cl)cc1F.Cl. The van der Waals surface area contributed by atoms with E-state index in [0.717, 1.165) is 6.07 Å². The minimum atomic E-state index is -0.553. The quantitative estimate of drug-likeness (QED) is 0.790. The molecule has 0 atom stereocenters. The normalized spacial score (nSPS) is 9.72. The van der Waals surface area contributed by atoms with Gasteiger partial charge in [0, 0.05) is 18.7 Å². The minimum Gasteiger partial charge on any atom is -0.383 e. The molecule has 1 aromatic rings. The van der Waals surface area contributed by atoms with E-state index in [-0.39, 0.29) is 30.5 Å². The van der Waals surface area contributed by atoms with E-state index >= 15 is 0 Å². The molecule has 0 aliphatic carbocycles. The number of anilines is 1. The highest BCUT2D eigenvalue weighted by atomic mass is 35.5. The molecule has 4 nitrogen and oxygen atoms in total. The summed E-state index contributed by atoms with van der Waals surface area (Å²) in [6.07, 6.45) is 0. The molecule has 0 radical (unpaired) electrons. The first-order valence-electron chi connectivity index (χ1n) is 5.08. The molecule has 1 amide bonds. The number of hydrogen-bond acceptors (Lipinski definition) is 3. The van der Waals surface area contributed by atoms with Gasteiger partial charge in [-0.15, -0.1) is 12.4 Å². The second-order valence-corrected chi connectivity index (χ2v) is 3.78. The van der Waals surface area contributed by atoms with Crippen LogP contribution in [0.25, 0.3) is 0 Å². The number of nitrogens with one attached hydrogen (secondary N) is 2. The number of carbonyl (C=O) groups is 1. The number of methoxy groups -OCH3 is 1. The number of rotatable bonds is 6. The fraction of sp³-hybridized carbons (Fsp3) is 0.364. The van der Waals surface area contributed by atoms with Gasteiger partial charge in [-0.3, -0.25) is 4.79 Å². The van der Waals surface area contributed by atoms with Crippen molar-refractivity contribution < 1.29 is 13.9 Å². The van der Waals surface area contributed by atoms with Crippen LogP contribution in [0.5, 0.6) is 0 Å². The standard InChI is InChI=1S/C11H14ClFN2O2.ClH/c1-17-5-4-14-7-11(16)15-10-3-2-8(12)6-9(10)13;/h2-3,6,14H,4-5,7H2,1H3,(H,15,16);1H. The highest BCUT2D eigenvalue weighted by Gasteiger charge is 2.06. The summed E-state index contributed by atoms with van der Waals surface area (Å²) < 4.78 is 18.1. The molecule has 18 heavy (non-hydrogen) atoms. The van der Waals surface area contributed by atoms with Crippen molar-refractivity contribution in [1.82, 2.24) is 5.32 Å². The van der Waals surface area contributed by atoms with Gasteiger partial charge in [0.2, 0.25) is 5.91 Å². The largest absolute Gasteiger partial charge is 0.383 e. The van der Waals surface area contributed by atoms with E-state index in [0.29, 0.717) is 18.2 Å². The van der Waals surface area contributed by atoms with E-state index in [1.165, 1.54) is 12.1 Å². The first-order chi connectivity index (χ1) is 8.13. The van der Waals surface area contributed by atoms with E-state index in [9.17, 15) is 9.18 Å². The van der Waals surface area contributed by atoms with Crippen molar-refractivity contribution in [3.63, 3.8) is 0 Å². The molecular weight excluding hydrogens is 282 g/mol. The maximum atomic E-state index is 13.3. The summed E-state index contributed by atoms with van der Waals surface area (Å²) in [7, 11) is 1.57. The summed E-state index contributed by atoms with van der Waals surface area (Å²) in [5.74, 6) is -0.870. The van der Waals surface area contributed by atoms with Crippen molar-refractivity contribution in [2.24, 2.45) is 0 Å². The number of benzene rings is 1.